The number of carboxylic acids is 1. The summed E-state index contributed by atoms with van der Waals surface area (Å²) >= 11 is 1.48. The highest BCUT2D eigenvalue weighted by atomic mass is 32.2. The maximum Gasteiger partial charge on any atom is 0.307 e. The molecule has 1 rings (SSSR count). The summed E-state index contributed by atoms with van der Waals surface area (Å²) in [7, 11) is 0. The van der Waals surface area contributed by atoms with Gasteiger partial charge in [-0.3, -0.25) is 4.79 Å². The third kappa shape index (κ3) is 3.96. The topological polar surface area (TPSA) is 77.8 Å². The van der Waals surface area contributed by atoms with Crippen LogP contribution in [0, 0.1) is 11.8 Å². The van der Waals surface area contributed by atoms with Gasteiger partial charge >= 0.3 is 5.97 Å². The molecule has 1 aliphatic rings. The molecule has 1 fully saturated rings. The van der Waals surface area contributed by atoms with Crippen LogP contribution >= 0.6 is 11.8 Å². The molecule has 1 aliphatic carbocycles. The first-order valence-electron chi connectivity index (χ1n) is 5.68. The van der Waals surface area contributed by atoms with Gasteiger partial charge in [-0.2, -0.15) is 11.8 Å². The molecule has 5 heteroatoms. The second kappa shape index (κ2) is 6.47. The zero-order chi connectivity index (χ0) is 12.1. The van der Waals surface area contributed by atoms with Gasteiger partial charge in [-0.05, 0) is 25.2 Å². The molecule has 0 amide bonds. The Morgan fingerprint density at radius 3 is 2.75 bits per heavy atom. The van der Waals surface area contributed by atoms with Gasteiger partial charge in [0.25, 0.3) is 0 Å². The van der Waals surface area contributed by atoms with E-state index >= 15 is 0 Å². The van der Waals surface area contributed by atoms with Crippen LogP contribution < -0.4 is 0 Å². The van der Waals surface area contributed by atoms with Gasteiger partial charge in [-0.1, -0.05) is 6.92 Å². The van der Waals surface area contributed by atoms with Crippen LogP contribution in [0.2, 0.25) is 0 Å². The number of rotatable bonds is 5. The third-order valence-electron chi connectivity index (χ3n) is 3.08. The van der Waals surface area contributed by atoms with Crippen LogP contribution in [0.15, 0.2) is 0 Å². The lowest BCUT2D eigenvalue weighted by atomic mass is 9.82. The molecule has 0 aliphatic heterocycles. The van der Waals surface area contributed by atoms with Crippen molar-refractivity contribution in [3.63, 3.8) is 0 Å². The summed E-state index contributed by atoms with van der Waals surface area (Å²) in [5.41, 5.74) is 0. The van der Waals surface area contributed by atoms with Gasteiger partial charge in [0.2, 0.25) is 0 Å². The molecule has 16 heavy (non-hydrogen) atoms. The van der Waals surface area contributed by atoms with Crippen molar-refractivity contribution in [3.05, 3.63) is 0 Å². The second-order valence-corrected chi connectivity index (χ2v) is 5.84. The number of carboxylic acid groups (broad SMARTS) is 1. The quantitative estimate of drug-likeness (QED) is 0.675. The number of carbonyl (C=O) groups is 1. The smallest absolute Gasteiger partial charge is 0.307 e. The minimum atomic E-state index is -0.739. The Bertz CT molecular complexity index is 234. The highest BCUT2D eigenvalue weighted by molar-refractivity contribution is 8.00. The van der Waals surface area contributed by atoms with E-state index in [2.05, 4.69) is 6.92 Å². The minimum absolute atomic E-state index is 0.0717. The Kier molecular flexibility index (Phi) is 5.58. The fraction of sp³-hybridized carbons (Fsp3) is 0.909. The number of hydrogen-bond donors (Lipinski definition) is 3. The van der Waals surface area contributed by atoms with Crippen molar-refractivity contribution in [2.45, 2.75) is 37.5 Å². The highest BCUT2D eigenvalue weighted by Gasteiger charge is 2.34. The van der Waals surface area contributed by atoms with Crippen molar-refractivity contribution in [2.75, 3.05) is 12.4 Å². The van der Waals surface area contributed by atoms with Gasteiger partial charge in [0.1, 0.15) is 0 Å². The molecule has 4 unspecified atom stereocenters. The van der Waals surface area contributed by atoms with Crippen LogP contribution in [0.3, 0.4) is 0 Å². The normalized spacial score (nSPS) is 32.3. The molecule has 3 N–H and O–H groups in total. The molecule has 1 saturated carbocycles. The average Bonchev–Trinajstić information content (AvgIpc) is 2.25. The molecule has 0 radical (unpaired) electrons. The average molecular weight is 248 g/mol. The number of aliphatic hydroxyl groups is 2. The van der Waals surface area contributed by atoms with Gasteiger partial charge in [0.05, 0.1) is 18.6 Å². The van der Waals surface area contributed by atoms with Gasteiger partial charge < -0.3 is 15.3 Å². The van der Waals surface area contributed by atoms with E-state index in [-0.39, 0.29) is 17.8 Å². The van der Waals surface area contributed by atoms with Crippen molar-refractivity contribution in [2.24, 2.45) is 11.8 Å². The van der Waals surface area contributed by atoms with Crippen molar-refractivity contribution in [3.8, 4) is 0 Å². The predicted molar refractivity (Wildman–Crippen MR) is 63.5 cm³/mol. The van der Waals surface area contributed by atoms with Crippen molar-refractivity contribution < 1.29 is 20.1 Å². The van der Waals surface area contributed by atoms with Crippen LogP contribution in [0.1, 0.15) is 26.2 Å². The molecule has 0 spiro atoms. The molecular formula is C11H20O4S. The molecule has 4 nitrogen and oxygen atoms in total. The Hall–Kier alpha value is -0.260. The first-order chi connectivity index (χ1) is 7.54. The lowest BCUT2D eigenvalue weighted by Crippen LogP contribution is -2.33. The van der Waals surface area contributed by atoms with Gasteiger partial charge in [0.15, 0.2) is 0 Å². The molecular weight excluding hydrogens is 228 g/mol. The van der Waals surface area contributed by atoms with Gasteiger partial charge in [-0.25, -0.2) is 0 Å². The zero-order valence-electron chi connectivity index (χ0n) is 9.50. The molecule has 0 aromatic rings. The fourth-order valence-electron chi connectivity index (χ4n) is 2.08. The molecule has 0 aromatic heterocycles. The standard InChI is InChI=1S/C11H20O4S/c1-7-2-3-9(11(14)15)10(4-7)16-6-8(13)5-12/h7-10,12-13H,2-6H2,1H3,(H,14,15). The van der Waals surface area contributed by atoms with E-state index in [1.165, 1.54) is 11.8 Å². The number of aliphatic carboxylic acids is 1. The van der Waals surface area contributed by atoms with E-state index in [1.807, 2.05) is 0 Å². The first kappa shape index (κ1) is 13.8. The minimum Gasteiger partial charge on any atom is -0.481 e. The Balaban J connectivity index is 2.47. The Morgan fingerprint density at radius 2 is 2.19 bits per heavy atom. The Labute approximate surface area is 100 Å². The highest BCUT2D eigenvalue weighted by Crippen LogP contribution is 2.36. The van der Waals surface area contributed by atoms with Crippen molar-refractivity contribution >= 4 is 17.7 Å². The van der Waals surface area contributed by atoms with E-state index < -0.39 is 12.1 Å². The molecule has 0 bridgehead atoms. The summed E-state index contributed by atoms with van der Waals surface area (Å²) in [6, 6.07) is 0. The summed E-state index contributed by atoms with van der Waals surface area (Å²) in [4.78, 5) is 11.1. The number of hydrogen-bond acceptors (Lipinski definition) is 4. The molecule has 0 saturated heterocycles. The van der Waals surface area contributed by atoms with Crippen molar-refractivity contribution in [1.29, 1.82) is 0 Å². The molecule has 4 atom stereocenters. The van der Waals surface area contributed by atoms with Crippen molar-refractivity contribution in [1.82, 2.24) is 0 Å². The Morgan fingerprint density at radius 1 is 1.50 bits per heavy atom. The van der Waals surface area contributed by atoms with Gasteiger partial charge in [-0.15, -0.1) is 0 Å². The van der Waals surface area contributed by atoms with Gasteiger partial charge in [0, 0.05) is 11.0 Å². The maximum atomic E-state index is 11.1. The molecule has 0 heterocycles. The fourth-order valence-corrected chi connectivity index (χ4v) is 3.61. The van der Waals surface area contributed by atoms with Crippen LogP contribution in [0.5, 0.6) is 0 Å². The SMILES string of the molecule is CC1CCC(C(=O)O)C(SCC(O)CO)C1. The number of thioether (sulfide) groups is 1. The summed E-state index contributed by atoms with van der Waals surface area (Å²) < 4.78 is 0. The lowest BCUT2D eigenvalue weighted by Gasteiger charge is -2.32. The molecule has 0 aromatic carbocycles. The summed E-state index contributed by atoms with van der Waals surface area (Å²) in [5, 5.41) is 27.1. The monoisotopic (exact) mass is 248 g/mol. The first-order valence-corrected chi connectivity index (χ1v) is 6.72. The summed E-state index contributed by atoms with van der Waals surface area (Å²) in [6.45, 7) is 1.88. The summed E-state index contributed by atoms with van der Waals surface area (Å²) in [5.74, 6) is -0.0631. The van der Waals surface area contributed by atoms with E-state index in [9.17, 15) is 9.90 Å². The number of aliphatic hydroxyl groups excluding tert-OH is 2. The van der Waals surface area contributed by atoms with E-state index in [4.69, 9.17) is 10.2 Å². The third-order valence-corrected chi connectivity index (χ3v) is 4.61. The van der Waals surface area contributed by atoms with E-state index in [0.29, 0.717) is 11.7 Å². The zero-order valence-corrected chi connectivity index (χ0v) is 10.3. The summed E-state index contributed by atoms with van der Waals surface area (Å²) in [6.07, 6.45) is 1.84. The van der Waals surface area contributed by atoms with E-state index in [0.717, 1.165) is 19.3 Å². The second-order valence-electron chi connectivity index (χ2n) is 4.57. The van der Waals surface area contributed by atoms with E-state index in [1.54, 1.807) is 0 Å². The maximum absolute atomic E-state index is 11.1. The molecule has 94 valence electrons. The van der Waals surface area contributed by atoms with Crippen LogP contribution in [-0.2, 0) is 4.79 Å². The predicted octanol–water partition coefficient (Wildman–Crippen LogP) is 0.962. The van der Waals surface area contributed by atoms with Crippen LogP contribution in [0.4, 0.5) is 0 Å². The van der Waals surface area contributed by atoms with Crippen LogP contribution in [-0.4, -0.2) is 45.0 Å². The van der Waals surface area contributed by atoms with Crippen LogP contribution in [0.25, 0.3) is 0 Å². The largest absolute Gasteiger partial charge is 0.481 e. The lowest BCUT2D eigenvalue weighted by molar-refractivity contribution is -0.142.